The Morgan fingerprint density at radius 3 is 2.36 bits per heavy atom. The van der Waals surface area contributed by atoms with Gasteiger partial charge in [-0.3, -0.25) is 14.4 Å². The minimum atomic E-state index is -0.325. The number of amides is 2. The molecule has 0 aromatic carbocycles. The average molecular weight is 347 g/mol. The monoisotopic (exact) mass is 347 g/mol. The number of nitrogens with zero attached hydrogens (tertiary/aromatic N) is 3. The summed E-state index contributed by atoms with van der Waals surface area (Å²) >= 11 is 0. The van der Waals surface area contributed by atoms with Gasteiger partial charge in [0.05, 0.1) is 0 Å². The molecular formula is C18H25N3O4. The van der Waals surface area contributed by atoms with Crippen molar-refractivity contribution in [1.82, 2.24) is 14.4 Å². The number of ether oxygens (including phenoxy) is 1. The summed E-state index contributed by atoms with van der Waals surface area (Å²) in [5.74, 6) is -0.227. The van der Waals surface area contributed by atoms with Crippen molar-refractivity contribution in [3.63, 3.8) is 0 Å². The van der Waals surface area contributed by atoms with Crippen LogP contribution in [-0.2, 0) is 16.6 Å². The van der Waals surface area contributed by atoms with Gasteiger partial charge < -0.3 is 19.1 Å². The number of carbonyl (C=O) groups is 2. The summed E-state index contributed by atoms with van der Waals surface area (Å²) in [6.07, 6.45) is 1.37. The van der Waals surface area contributed by atoms with Crippen LogP contribution < -0.4 is 5.56 Å². The highest BCUT2D eigenvalue weighted by molar-refractivity contribution is 5.95. The number of carbonyl (C=O) groups excluding carboxylic acids is 2. The van der Waals surface area contributed by atoms with E-state index in [1.54, 1.807) is 23.8 Å². The first-order valence-electron chi connectivity index (χ1n) is 8.77. The first-order chi connectivity index (χ1) is 11.9. The van der Waals surface area contributed by atoms with E-state index in [0.717, 1.165) is 18.5 Å². The minimum Gasteiger partial charge on any atom is -0.368 e. The molecule has 0 aliphatic carbocycles. The topological polar surface area (TPSA) is 71.9 Å². The van der Waals surface area contributed by atoms with E-state index < -0.39 is 0 Å². The van der Waals surface area contributed by atoms with Gasteiger partial charge in [-0.05, 0) is 38.3 Å². The number of rotatable bonds is 2. The molecule has 3 heterocycles. The van der Waals surface area contributed by atoms with E-state index in [0.29, 0.717) is 38.3 Å². The van der Waals surface area contributed by atoms with Crippen LogP contribution in [0, 0.1) is 13.8 Å². The third-order valence-electron chi connectivity index (χ3n) is 5.16. The molecule has 2 aliphatic heterocycles. The lowest BCUT2D eigenvalue weighted by Crippen LogP contribution is -2.53. The fourth-order valence-electron chi connectivity index (χ4n) is 3.50. The third kappa shape index (κ3) is 3.33. The smallest absolute Gasteiger partial charge is 0.263 e. The van der Waals surface area contributed by atoms with Crippen LogP contribution in [0.1, 0.15) is 34.5 Å². The van der Waals surface area contributed by atoms with Gasteiger partial charge in [0.2, 0.25) is 0 Å². The van der Waals surface area contributed by atoms with Crippen LogP contribution >= 0.6 is 0 Å². The summed E-state index contributed by atoms with van der Waals surface area (Å²) in [4.78, 5) is 41.1. The molecule has 25 heavy (non-hydrogen) atoms. The maximum absolute atomic E-state index is 12.8. The van der Waals surface area contributed by atoms with Crippen molar-refractivity contribution in [3.05, 3.63) is 33.2 Å². The van der Waals surface area contributed by atoms with Crippen molar-refractivity contribution < 1.29 is 14.3 Å². The molecule has 0 spiro atoms. The van der Waals surface area contributed by atoms with Gasteiger partial charge in [-0.25, -0.2) is 0 Å². The van der Waals surface area contributed by atoms with Crippen molar-refractivity contribution >= 4 is 11.8 Å². The highest BCUT2D eigenvalue weighted by atomic mass is 16.5. The lowest BCUT2D eigenvalue weighted by atomic mass is 10.1. The van der Waals surface area contributed by atoms with Gasteiger partial charge in [-0.2, -0.15) is 0 Å². The zero-order chi connectivity index (χ0) is 18.1. The molecule has 7 nitrogen and oxygen atoms in total. The Balaban J connectivity index is 1.69. The number of hydrogen-bond donors (Lipinski definition) is 0. The van der Waals surface area contributed by atoms with E-state index in [1.165, 1.54) is 4.57 Å². The van der Waals surface area contributed by atoms with E-state index in [1.807, 2.05) is 13.0 Å². The Labute approximate surface area is 147 Å². The van der Waals surface area contributed by atoms with Crippen LogP contribution in [0.4, 0.5) is 0 Å². The fourth-order valence-corrected chi connectivity index (χ4v) is 3.50. The molecule has 1 aromatic heterocycles. The number of pyridine rings is 1. The fraction of sp³-hybridized carbons (Fsp3) is 0.611. The van der Waals surface area contributed by atoms with E-state index >= 15 is 0 Å². The molecule has 0 N–H and O–H groups in total. The molecule has 2 saturated heterocycles. The first-order valence-corrected chi connectivity index (χ1v) is 8.77. The molecule has 2 aliphatic rings. The molecule has 136 valence electrons. The highest BCUT2D eigenvalue weighted by Gasteiger charge is 2.32. The summed E-state index contributed by atoms with van der Waals surface area (Å²) in [5, 5.41) is 0. The predicted molar refractivity (Wildman–Crippen MR) is 92.6 cm³/mol. The SMILES string of the molecule is Cc1cc(C)n(C)c(=O)c1C(=O)N1CCN(C(=O)C2CCCO2)CC1. The molecule has 2 amide bonds. The zero-order valence-electron chi connectivity index (χ0n) is 15.1. The van der Waals surface area contributed by atoms with Crippen LogP contribution in [0.3, 0.4) is 0 Å². The maximum Gasteiger partial charge on any atom is 0.263 e. The molecule has 1 unspecified atom stereocenters. The summed E-state index contributed by atoms with van der Waals surface area (Å²) in [7, 11) is 1.67. The second-order valence-electron chi connectivity index (χ2n) is 6.83. The summed E-state index contributed by atoms with van der Waals surface area (Å²) < 4.78 is 6.95. The van der Waals surface area contributed by atoms with Crippen molar-refractivity contribution in [1.29, 1.82) is 0 Å². The van der Waals surface area contributed by atoms with Gasteiger partial charge in [0.15, 0.2) is 0 Å². The second-order valence-corrected chi connectivity index (χ2v) is 6.83. The van der Waals surface area contributed by atoms with E-state index in [2.05, 4.69) is 0 Å². The standard InChI is InChI=1S/C18H25N3O4/c1-12-11-13(2)19(3)17(23)15(12)18(24)21-8-6-20(7-9-21)16(22)14-5-4-10-25-14/h11,14H,4-10H2,1-3H3. The summed E-state index contributed by atoms with van der Waals surface area (Å²) in [5.41, 5.74) is 1.49. The van der Waals surface area contributed by atoms with Crippen LogP contribution in [0.15, 0.2) is 10.9 Å². The lowest BCUT2D eigenvalue weighted by Gasteiger charge is -2.35. The Bertz CT molecular complexity index is 741. The van der Waals surface area contributed by atoms with Gasteiger partial charge in [0.25, 0.3) is 17.4 Å². The molecule has 1 aromatic rings. The summed E-state index contributed by atoms with van der Waals surface area (Å²) in [6, 6.07) is 1.85. The van der Waals surface area contributed by atoms with Crippen LogP contribution in [0.25, 0.3) is 0 Å². The maximum atomic E-state index is 12.8. The normalized spacial score (nSPS) is 20.8. The Hall–Kier alpha value is -2.15. The molecule has 0 bridgehead atoms. The number of hydrogen-bond acceptors (Lipinski definition) is 4. The van der Waals surface area contributed by atoms with Crippen LogP contribution in [0.5, 0.6) is 0 Å². The number of piperazine rings is 1. The molecule has 3 rings (SSSR count). The largest absolute Gasteiger partial charge is 0.368 e. The molecular weight excluding hydrogens is 322 g/mol. The molecule has 0 radical (unpaired) electrons. The van der Waals surface area contributed by atoms with Gasteiger partial charge >= 0.3 is 0 Å². The van der Waals surface area contributed by atoms with Gasteiger partial charge in [-0.1, -0.05) is 0 Å². The number of aryl methyl sites for hydroxylation is 2. The predicted octanol–water partition coefficient (Wildman–Crippen LogP) is 0.466. The van der Waals surface area contributed by atoms with Crippen molar-refractivity contribution in [2.24, 2.45) is 7.05 Å². The number of aromatic nitrogens is 1. The van der Waals surface area contributed by atoms with Crippen molar-refractivity contribution in [3.8, 4) is 0 Å². The highest BCUT2D eigenvalue weighted by Crippen LogP contribution is 2.17. The van der Waals surface area contributed by atoms with Gasteiger partial charge in [0, 0.05) is 45.5 Å². The Kier molecular flexibility index (Phi) is 4.94. The van der Waals surface area contributed by atoms with E-state index in [4.69, 9.17) is 4.74 Å². The summed E-state index contributed by atoms with van der Waals surface area (Å²) in [6.45, 7) is 6.12. The molecule has 7 heteroatoms. The molecule has 1 atom stereocenters. The van der Waals surface area contributed by atoms with Gasteiger partial charge in [0.1, 0.15) is 11.7 Å². The average Bonchev–Trinajstić information content (AvgIpc) is 3.14. The molecule has 2 fully saturated rings. The lowest BCUT2D eigenvalue weighted by molar-refractivity contribution is -0.142. The molecule has 0 saturated carbocycles. The Morgan fingerprint density at radius 2 is 1.76 bits per heavy atom. The Morgan fingerprint density at radius 1 is 1.12 bits per heavy atom. The quantitative estimate of drug-likeness (QED) is 0.779. The van der Waals surface area contributed by atoms with Crippen LogP contribution in [0.2, 0.25) is 0 Å². The zero-order valence-corrected chi connectivity index (χ0v) is 15.1. The van der Waals surface area contributed by atoms with Gasteiger partial charge in [-0.15, -0.1) is 0 Å². The van der Waals surface area contributed by atoms with Crippen molar-refractivity contribution in [2.75, 3.05) is 32.8 Å². The minimum absolute atomic E-state index is 0.0204. The van der Waals surface area contributed by atoms with E-state index in [9.17, 15) is 14.4 Å². The van der Waals surface area contributed by atoms with Crippen LogP contribution in [-0.4, -0.2) is 65.1 Å². The second kappa shape index (κ2) is 7.00. The first kappa shape index (κ1) is 17.7. The van der Waals surface area contributed by atoms with Crippen molar-refractivity contribution in [2.45, 2.75) is 32.8 Å². The van der Waals surface area contributed by atoms with E-state index in [-0.39, 0.29) is 29.0 Å². The third-order valence-corrected chi connectivity index (χ3v) is 5.16.